The molecule has 13 heteroatoms. The number of aliphatic hydroxyl groups is 3. The van der Waals surface area contributed by atoms with E-state index in [0.717, 1.165) is 70.6 Å². The third-order valence-corrected chi connectivity index (χ3v) is 12.2. The predicted molar refractivity (Wildman–Crippen MR) is 262 cm³/mol. The molecule has 0 spiro atoms. The van der Waals surface area contributed by atoms with Gasteiger partial charge >= 0.3 is 16.4 Å². The third kappa shape index (κ3) is 36.7. The molecule has 0 saturated carbocycles. The van der Waals surface area contributed by atoms with Crippen molar-refractivity contribution in [3.05, 3.63) is 48.6 Å². The Morgan fingerprint density at radius 1 is 0.600 bits per heavy atom. The fourth-order valence-electron chi connectivity index (χ4n) is 7.84. The highest BCUT2D eigenvalue weighted by Gasteiger charge is 2.48. The van der Waals surface area contributed by atoms with Crippen LogP contribution in [0.3, 0.4) is 0 Å². The fourth-order valence-corrected chi connectivity index (χ4v) is 8.35. The molecule has 1 aliphatic rings. The average molecular weight is 943 g/mol. The van der Waals surface area contributed by atoms with Crippen molar-refractivity contribution in [3.63, 3.8) is 0 Å². The zero-order valence-corrected chi connectivity index (χ0v) is 41.6. The summed E-state index contributed by atoms with van der Waals surface area (Å²) in [5.74, 6) is -0.402. The zero-order valence-electron chi connectivity index (χ0n) is 40.8. The minimum atomic E-state index is -5.06. The molecule has 6 unspecified atom stereocenters. The second kappa shape index (κ2) is 43.3. The van der Waals surface area contributed by atoms with E-state index in [4.69, 9.17) is 18.9 Å². The van der Waals surface area contributed by atoms with E-state index in [-0.39, 0.29) is 19.6 Å². The number of ether oxygens (including phenoxy) is 4. The molecule has 0 amide bonds. The van der Waals surface area contributed by atoms with E-state index in [0.29, 0.717) is 13.0 Å². The molecule has 12 nitrogen and oxygen atoms in total. The van der Waals surface area contributed by atoms with Gasteiger partial charge in [0, 0.05) is 13.0 Å². The first-order chi connectivity index (χ1) is 31.6. The number of hydrogen-bond acceptors (Lipinski definition) is 11. The van der Waals surface area contributed by atoms with Gasteiger partial charge in [0.2, 0.25) is 0 Å². The summed E-state index contributed by atoms with van der Waals surface area (Å²) in [6.07, 6.45) is 44.2. The van der Waals surface area contributed by atoms with Gasteiger partial charge in [-0.25, -0.2) is 4.18 Å². The molecule has 1 rings (SSSR count). The van der Waals surface area contributed by atoms with Crippen molar-refractivity contribution in [2.75, 3.05) is 26.4 Å². The van der Waals surface area contributed by atoms with E-state index in [1.54, 1.807) is 0 Å². The lowest BCUT2D eigenvalue weighted by Crippen LogP contribution is -2.60. The van der Waals surface area contributed by atoms with Gasteiger partial charge in [-0.2, -0.15) is 8.42 Å². The molecule has 0 aromatic heterocycles. The van der Waals surface area contributed by atoms with E-state index in [1.165, 1.54) is 116 Å². The Labute approximate surface area is 396 Å². The maximum atomic E-state index is 12.9. The Balaban J connectivity index is 2.34. The van der Waals surface area contributed by atoms with Crippen LogP contribution in [0.15, 0.2) is 48.6 Å². The second-order valence-corrected chi connectivity index (χ2v) is 18.8. The fraction of sp³-hybridized carbons (Fsp3) is 0.827. The molecular weight excluding hydrogens is 849 g/mol. The van der Waals surface area contributed by atoms with E-state index >= 15 is 0 Å². The van der Waals surface area contributed by atoms with Crippen molar-refractivity contribution >= 4 is 16.4 Å². The molecule has 0 radical (unpaired) electrons. The highest BCUT2D eigenvalue weighted by Crippen LogP contribution is 2.26. The number of aliphatic hydroxyl groups excluding tert-OH is 3. The highest BCUT2D eigenvalue weighted by atomic mass is 32.3. The van der Waals surface area contributed by atoms with Gasteiger partial charge in [0.15, 0.2) is 6.29 Å². The van der Waals surface area contributed by atoms with Gasteiger partial charge < -0.3 is 34.3 Å². The standard InChI is InChI=1S/C52H94O12S/c1-3-5-7-9-11-13-15-17-19-20-21-22-23-24-25-26-27-29-31-33-35-37-39-41-48(54)62-46(45-61-52-50(56)51(64-65(57,58)59)49(55)47(43-53)63-52)44-60-42-40-38-36-34-32-30-28-18-16-14-12-10-8-6-4-2/h5,7,11,13,17,19,21-22,46-47,49-53,55-56H,3-4,6,8-10,12,14-16,18,20,23-45H2,1-2H3,(H,57,58,59)/b7-5-,13-11-,19-17-,22-21-. The van der Waals surface area contributed by atoms with Gasteiger partial charge in [-0.15, -0.1) is 0 Å². The Morgan fingerprint density at radius 2 is 1.06 bits per heavy atom. The molecule has 6 atom stereocenters. The smallest absolute Gasteiger partial charge is 0.397 e. The molecule has 0 aliphatic carbocycles. The van der Waals surface area contributed by atoms with Crippen molar-refractivity contribution < 1.29 is 56.2 Å². The lowest BCUT2D eigenvalue weighted by molar-refractivity contribution is -0.301. The van der Waals surface area contributed by atoms with Crippen molar-refractivity contribution in [2.24, 2.45) is 0 Å². The molecule has 1 fully saturated rings. The van der Waals surface area contributed by atoms with Crippen molar-refractivity contribution in [2.45, 2.75) is 250 Å². The number of rotatable bonds is 45. The first-order valence-corrected chi connectivity index (χ1v) is 27.3. The maximum absolute atomic E-state index is 12.9. The molecule has 1 aliphatic heterocycles. The van der Waals surface area contributed by atoms with E-state index < -0.39 is 59.8 Å². The quantitative estimate of drug-likeness (QED) is 0.0197. The molecule has 4 N–H and O–H groups in total. The Bertz CT molecular complexity index is 1320. The van der Waals surface area contributed by atoms with Gasteiger partial charge in [-0.3, -0.25) is 9.35 Å². The molecule has 1 saturated heterocycles. The molecule has 380 valence electrons. The predicted octanol–water partition coefficient (Wildman–Crippen LogP) is 11.9. The summed E-state index contributed by atoms with van der Waals surface area (Å²) in [7, 11) is -5.06. The van der Waals surface area contributed by atoms with Gasteiger partial charge in [-0.1, -0.05) is 204 Å². The number of hydrogen-bond donors (Lipinski definition) is 4. The zero-order chi connectivity index (χ0) is 47.5. The van der Waals surface area contributed by atoms with E-state index in [1.807, 2.05) is 0 Å². The van der Waals surface area contributed by atoms with Crippen molar-refractivity contribution in [1.82, 2.24) is 0 Å². The van der Waals surface area contributed by atoms with Crippen molar-refractivity contribution in [3.8, 4) is 0 Å². The van der Waals surface area contributed by atoms with Crippen LogP contribution in [0, 0.1) is 0 Å². The summed E-state index contributed by atoms with van der Waals surface area (Å²) >= 11 is 0. The number of allylic oxidation sites excluding steroid dienone is 8. The minimum absolute atomic E-state index is 0.0363. The molecule has 65 heavy (non-hydrogen) atoms. The minimum Gasteiger partial charge on any atom is -0.457 e. The first-order valence-electron chi connectivity index (χ1n) is 25.9. The maximum Gasteiger partial charge on any atom is 0.397 e. The van der Waals surface area contributed by atoms with Crippen LogP contribution >= 0.6 is 0 Å². The first kappa shape index (κ1) is 61.1. The van der Waals surface area contributed by atoms with Gasteiger partial charge in [0.25, 0.3) is 0 Å². The largest absolute Gasteiger partial charge is 0.457 e. The van der Waals surface area contributed by atoms with Crippen LogP contribution in [0.5, 0.6) is 0 Å². The lowest BCUT2D eigenvalue weighted by Gasteiger charge is -2.41. The topological polar surface area (TPSA) is 178 Å². The molecule has 0 aromatic rings. The van der Waals surface area contributed by atoms with E-state index in [2.05, 4.69) is 66.6 Å². The van der Waals surface area contributed by atoms with Gasteiger partial charge in [-0.05, 0) is 51.4 Å². The van der Waals surface area contributed by atoms with Gasteiger partial charge in [0.05, 0.1) is 19.8 Å². The second-order valence-electron chi connectivity index (χ2n) is 17.7. The van der Waals surface area contributed by atoms with E-state index in [9.17, 15) is 33.1 Å². The molecule has 0 aromatic carbocycles. The number of unbranched alkanes of at least 4 members (excludes halogenated alkanes) is 24. The summed E-state index contributed by atoms with van der Waals surface area (Å²) < 4.78 is 59.3. The summed E-state index contributed by atoms with van der Waals surface area (Å²) in [6, 6.07) is 0. The monoisotopic (exact) mass is 943 g/mol. The Hall–Kier alpha value is -1.94. The Kier molecular flexibility index (Phi) is 40.7. The number of esters is 1. The van der Waals surface area contributed by atoms with Crippen LogP contribution in [-0.4, -0.2) is 97.5 Å². The number of carbonyl (C=O) groups is 1. The highest BCUT2D eigenvalue weighted by molar-refractivity contribution is 7.80. The van der Waals surface area contributed by atoms with Gasteiger partial charge in [0.1, 0.15) is 30.5 Å². The van der Waals surface area contributed by atoms with Crippen LogP contribution in [0.2, 0.25) is 0 Å². The Morgan fingerprint density at radius 3 is 1.55 bits per heavy atom. The normalized spacial score (nSPS) is 20.0. The summed E-state index contributed by atoms with van der Waals surface area (Å²) in [6.45, 7) is 3.90. The lowest BCUT2D eigenvalue weighted by atomic mass is 9.99. The van der Waals surface area contributed by atoms with Crippen LogP contribution in [-0.2, 0) is 38.3 Å². The van der Waals surface area contributed by atoms with Crippen LogP contribution in [0.1, 0.15) is 213 Å². The summed E-state index contributed by atoms with van der Waals surface area (Å²) in [5.41, 5.74) is 0. The van der Waals surface area contributed by atoms with Crippen molar-refractivity contribution in [1.29, 1.82) is 0 Å². The summed E-state index contributed by atoms with van der Waals surface area (Å²) in [5, 5.41) is 30.8. The van der Waals surface area contributed by atoms with Crippen LogP contribution < -0.4 is 0 Å². The molecule has 1 heterocycles. The molecule has 0 bridgehead atoms. The van der Waals surface area contributed by atoms with Crippen LogP contribution in [0.4, 0.5) is 0 Å². The van der Waals surface area contributed by atoms with Crippen LogP contribution in [0.25, 0.3) is 0 Å². The SMILES string of the molecule is CC/C=C\C/C=C\C/C=C\C/C=C\CCCCCCCCCCCCC(=O)OC(COCCCCCCCCCCCCCCCCC)COC1OC(CO)C(O)C(OS(=O)(=O)O)C1O. The molecular formula is C52H94O12S. The number of carbonyl (C=O) groups excluding carboxylic acids is 1. The average Bonchev–Trinajstić information content (AvgIpc) is 3.28. The summed E-state index contributed by atoms with van der Waals surface area (Å²) in [4.78, 5) is 12.9. The third-order valence-electron chi connectivity index (χ3n) is 11.7.